The number of thiophene rings is 1. The number of hydrogen-bond donors (Lipinski definition) is 0. The molecule has 0 amide bonds. The van der Waals surface area contributed by atoms with Gasteiger partial charge in [0, 0.05) is 29.1 Å². The predicted octanol–water partition coefficient (Wildman–Crippen LogP) is 4.13. The average molecular weight is 315 g/mol. The fraction of sp³-hybridized carbons (Fsp3) is 0.389. The molecule has 116 valence electrons. The van der Waals surface area contributed by atoms with E-state index in [2.05, 4.69) is 29.6 Å². The molecule has 1 aromatic heterocycles. The molecule has 0 N–H and O–H groups in total. The standard InChI is InChI=1S/C18H21NO2S/c1-12(2)21-18-11-15-13(9-17(18)20-3)6-7-19-16(15)10-14-5-4-8-22-14/h4-5,8-9,11-12H,6-7,10H2,1-3H3. The Morgan fingerprint density at radius 3 is 2.82 bits per heavy atom. The summed E-state index contributed by atoms with van der Waals surface area (Å²) in [6.07, 6.45) is 1.97. The Bertz CT molecular complexity index is 675. The lowest BCUT2D eigenvalue weighted by molar-refractivity contribution is 0.230. The Balaban J connectivity index is 1.97. The molecule has 0 unspecified atom stereocenters. The SMILES string of the molecule is COc1cc2c(cc1OC(C)C)C(Cc1cccs1)=NCC2. The van der Waals surface area contributed by atoms with Crippen molar-refractivity contribution in [1.29, 1.82) is 0 Å². The molecule has 2 heterocycles. The van der Waals surface area contributed by atoms with Gasteiger partial charge in [-0.3, -0.25) is 4.99 Å². The van der Waals surface area contributed by atoms with E-state index in [4.69, 9.17) is 14.5 Å². The van der Waals surface area contributed by atoms with Crippen molar-refractivity contribution < 1.29 is 9.47 Å². The highest BCUT2D eigenvalue weighted by atomic mass is 32.1. The molecule has 0 aliphatic carbocycles. The molecule has 0 radical (unpaired) electrons. The summed E-state index contributed by atoms with van der Waals surface area (Å²) in [4.78, 5) is 6.09. The molecular weight excluding hydrogens is 294 g/mol. The van der Waals surface area contributed by atoms with Crippen molar-refractivity contribution in [3.05, 3.63) is 45.6 Å². The highest BCUT2D eigenvalue weighted by Crippen LogP contribution is 2.34. The van der Waals surface area contributed by atoms with Crippen molar-refractivity contribution in [3.8, 4) is 11.5 Å². The van der Waals surface area contributed by atoms with Crippen LogP contribution in [-0.2, 0) is 12.8 Å². The molecule has 2 aromatic rings. The van der Waals surface area contributed by atoms with Gasteiger partial charge in [0.25, 0.3) is 0 Å². The quantitative estimate of drug-likeness (QED) is 0.830. The van der Waals surface area contributed by atoms with Crippen LogP contribution in [0.1, 0.15) is 29.9 Å². The first kappa shape index (κ1) is 15.1. The van der Waals surface area contributed by atoms with E-state index in [1.807, 2.05) is 13.8 Å². The molecule has 0 atom stereocenters. The molecule has 0 saturated heterocycles. The van der Waals surface area contributed by atoms with Crippen molar-refractivity contribution in [2.45, 2.75) is 32.8 Å². The number of rotatable bonds is 5. The van der Waals surface area contributed by atoms with Crippen molar-refractivity contribution in [2.75, 3.05) is 13.7 Å². The Morgan fingerprint density at radius 2 is 2.14 bits per heavy atom. The van der Waals surface area contributed by atoms with E-state index < -0.39 is 0 Å². The van der Waals surface area contributed by atoms with Crippen LogP contribution in [0.5, 0.6) is 11.5 Å². The summed E-state index contributed by atoms with van der Waals surface area (Å²) in [6, 6.07) is 8.46. The number of aliphatic imine (C=N–C) groups is 1. The molecule has 0 spiro atoms. The van der Waals surface area contributed by atoms with Crippen molar-refractivity contribution in [2.24, 2.45) is 4.99 Å². The van der Waals surface area contributed by atoms with Crippen LogP contribution in [-0.4, -0.2) is 25.5 Å². The van der Waals surface area contributed by atoms with Gasteiger partial charge in [0.15, 0.2) is 11.5 Å². The van der Waals surface area contributed by atoms with Gasteiger partial charge in [0.1, 0.15) is 0 Å². The molecule has 1 aromatic carbocycles. The van der Waals surface area contributed by atoms with E-state index in [0.29, 0.717) is 0 Å². The topological polar surface area (TPSA) is 30.8 Å². The fourth-order valence-electron chi connectivity index (χ4n) is 2.71. The predicted molar refractivity (Wildman–Crippen MR) is 91.9 cm³/mol. The Morgan fingerprint density at radius 1 is 1.27 bits per heavy atom. The van der Waals surface area contributed by atoms with Crippen LogP contribution in [0.2, 0.25) is 0 Å². The summed E-state index contributed by atoms with van der Waals surface area (Å²) in [7, 11) is 1.69. The number of fused-ring (bicyclic) bond motifs is 1. The highest BCUT2D eigenvalue weighted by Gasteiger charge is 2.19. The zero-order valence-electron chi connectivity index (χ0n) is 13.3. The van der Waals surface area contributed by atoms with Gasteiger partial charge in [0.2, 0.25) is 0 Å². The maximum Gasteiger partial charge on any atom is 0.162 e. The van der Waals surface area contributed by atoms with Crippen LogP contribution in [0.15, 0.2) is 34.6 Å². The number of ether oxygens (including phenoxy) is 2. The van der Waals surface area contributed by atoms with Crippen LogP contribution < -0.4 is 9.47 Å². The molecule has 0 bridgehead atoms. The Kier molecular flexibility index (Phi) is 4.48. The molecule has 3 nitrogen and oxygen atoms in total. The molecule has 1 aliphatic rings. The smallest absolute Gasteiger partial charge is 0.162 e. The number of methoxy groups -OCH3 is 1. The summed E-state index contributed by atoms with van der Waals surface area (Å²) in [6.45, 7) is 4.90. The van der Waals surface area contributed by atoms with Crippen LogP contribution in [0.4, 0.5) is 0 Å². The zero-order chi connectivity index (χ0) is 15.5. The molecule has 22 heavy (non-hydrogen) atoms. The van der Waals surface area contributed by atoms with Crippen molar-refractivity contribution in [3.63, 3.8) is 0 Å². The van der Waals surface area contributed by atoms with Gasteiger partial charge in [-0.2, -0.15) is 0 Å². The van der Waals surface area contributed by atoms with E-state index >= 15 is 0 Å². The molecule has 1 aliphatic heterocycles. The molecule has 4 heteroatoms. The Hall–Kier alpha value is -1.81. The van der Waals surface area contributed by atoms with Crippen molar-refractivity contribution >= 4 is 17.0 Å². The number of hydrogen-bond acceptors (Lipinski definition) is 4. The van der Waals surface area contributed by atoms with Crippen LogP contribution in [0.25, 0.3) is 0 Å². The first-order valence-electron chi connectivity index (χ1n) is 7.61. The summed E-state index contributed by atoms with van der Waals surface area (Å²) >= 11 is 1.78. The van der Waals surface area contributed by atoms with Gasteiger partial charge in [-0.1, -0.05) is 6.07 Å². The molecule has 0 saturated carbocycles. The fourth-order valence-corrected chi connectivity index (χ4v) is 3.42. The molecule has 0 fully saturated rings. The lowest BCUT2D eigenvalue weighted by Gasteiger charge is -2.21. The minimum atomic E-state index is 0.119. The first-order chi connectivity index (χ1) is 10.7. The lowest BCUT2D eigenvalue weighted by Crippen LogP contribution is -2.16. The van der Waals surface area contributed by atoms with E-state index in [0.717, 1.165) is 36.6 Å². The normalized spacial score (nSPS) is 13.7. The monoisotopic (exact) mass is 315 g/mol. The summed E-state index contributed by atoms with van der Waals surface area (Å²) in [5, 5.41) is 2.11. The largest absolute Gasteiger partial charge is 0.493 e. The van der Waals surface area contributed by atoms with Gasteiger partial charge < -0.3 is 9.47 Å². The van der Waals surface area contributed by atoms with Gasteiger partial charge in [-0.15, -0.1) is 11.3 Å². The average Bonchev–Trinajstić information content (AvgIpc) is 2.99. The van der Waals surface area contributed by atoms with Crippen LogP contribution in [0.3, 0.4) is 0 Å². The Labute approximate surface area is 135 Å². The van der Waals surface area contributed by atoms with Crippen LogP contribution >= 0.6 is 11.3 Å². The maximum absolute atomic E-state index is 5.91. The zero-order valence-corrected chi connectivity index (χ0v) is 14.1. The summed E-state index contributed by atoms with van der Waals surface area (Å²) in [5.74, 6) is 1.61. The third-order valence-electron chi connectivity index (χ3n) is 3.67. The van der Waals surface area contributed by atoms with Crippen LogP contribution in [0, 0.1) is 0 Å². The van der Waals surface area contributed by atoms with Crippen molar-refractivity contribution in [1.82, 2.24) is 0 Å². The summed E-state index contributed by atoms with van der Waals surface area (Å²) < 4.78 is 11.4. The molecular formula is C18H21NO2S. The maximum atomic E-state index is 5.91. The summed E-state index contributed by atoms with van der Waals surface area (Å²) in [5.41, 5.74) is 3.66. The van der Waals surface area contributed by atoms with E-state index in [9.17, 15) is 0 Å². The first-order valence-corrected chi connectivity index (χ1v) is 8.49. The molecule has 3 rings (SSSR count). The second kappa shape index (κ2) is 6.53. The van der Waals surface area contributed by atoms with Gasteiger partial charge in [-0.05, 0) is 49.4 Å². The van der Waals surface area contributed by atoms with Gasteiger partial charge in [0.05, 0.1) is 13.2 Å². The number of nitrogens with zero attached hydrogens (tertiary/aromatic N) is 1. The number of benzene rings is 1. The highest BCUT2D eigenvalue weighted by molar-refractivity contribution is 7.10. The minimum absolute atomic E-state index is 0.119. The van der Waals surface area contributed by atoms with E-state index in [1.54, 1.807) is 18.4 Å². The van der Waals surface area contributed by atoms with E-state index in [-0.39, 0.29) is 6.10 Å². The second-order valence-electron chi connectivity index (χ2n) is 5.66. The van der Waals surface area contributed by atoms with Gasteiger partial charge >= 0.3 is 0 Å². The second-order valence-corrected chi connectivity index (χ2v) is 6.69. The van der Waals surface area contributed by atoms with E-state index in [1.165, 1.54) is 16.0 Å². The lowest BCUT2D eigenvalue weighted by atomic mass is 9.94. The van der Waals surface area contributed by atoms with Gasteiger partial charge in [-0.25, -0.2) is 0 Å². The minimum Gasteiger partial charge on any atom is -0.493 e. The third-order valence-corrected chi connectivity index (χ3v) is 4.55. The third kappa shape index (κ3) is 3.17.